The zero-order valence-corrected chi connectivity index (χ0v) is 11.8. The van der Waals surface area contributed by atoms with Crippen LogP contribution >= 0.6 is 0 Å². The fraction of sp³-hybridized carbons (Fsp3) is 1.00. The minimum atomic E-state index is 0.0109. The molecule has 1 saturated carbocycles. The summed E-state index contributed by atoms with van der Waals surface area (Å²) in [5.74, 6) is 0. The summed E-state index contributed by atoms with van der Waals surface area (Å²) in [5.41, 5.74) is 0.0109. The van der Waals surface area contributed by atoms with Crippen molar-refractivity contribution >= 4 is 0 Å². The van der Waals surface area contributed by atoms with E-state index in [0.717, 1.165) is 25.7 Å². The van der Waals surface area contributed by atoms with E-state index in [4.69, 9.17) is 4.74 Å². The third-order valence-corrected chi connectivity index (χ3v) is 4.01. The molecule has 1 N–H and O–H groups in total. The van der Waals surface area contributed by atoms with Gasteiger partial charge in [-0.1, -0.05) is 13.3 Å². The Hall–Kier alpha value is -0.120. The van der Waals surface area contributed by atoms with Crippen molar-refractivity contribution in [1.29, 1.82) is 0 Å². The van der Waals surface area contributed by atoms with E-state index in [-0.39, 0.29) is 5.60 Å². The lowest BCUT2D eigenvalue weighted by molar-refractivity contribution is -0.139. The minimum absolute atomic E-state index is 0.0109. The molecule has 3 unspecified atom stereocenters. The Morgan fingerprint density at radius 3 is 2.76 bits per heavy atom. The van der Waals surface area contributed by atoms with Crippen molar-refractivity contribution in [3.8, 4) is 0 Å². The second-order valence-electron chi connectivity index (χ2n) is 6.28. The number of nitrogens with one attached hydrogen (secondary N) is 1. The molecule has 0 spiro atoms. The third kappa shape index (κ3) is 3.21. The van der Waals surface area contributed by atoms with Crippen molar-refractivity contribution in [1.82, 2.24) is 10.2 Å². The van der Waals surface area contributed by atoms with Gasteiger partial charge in [0.1, 0.15) is 0 Å². The molecule has 1 heterocycles. The molecule has 2 rings (SSSR count). The Bertz CT molecular complexity index is 255. The molecule has 0 aromatic carbocycles. The van der Waals surface area contributed by atoms with E-state index < -0.39 is 0 Å². The summed E-state index contributed by atoms with van der Waals surface area (Å²) >= 11 is 0. The smallest absolute Gasteiger partial charge is 0.0757 e. The maximum atomic E-state index is 6.00. The van der Waals surface area contributed by atoms with Gasteiger partial charge in [-0.25, -0.2) is 0 Å². The monoisotopic (exact) mass is 240 g/mol. The van der Waals surface area contributed by atoms with E-state index in [2.05, 4.69) is 37.9 Å². The first-order valence-electron chi connectivity index (χ1n) is 7.17. The van der Waals surface area contributed by atoms with Crippen molar-refractivity contribution in [2.45, 2.75) is 70.7 Å². The van der Waals surface area contributed by atoms with E-state index in [1.54, 1.807) is 0 Å². The summed E-state index contributed by atoms with van der Waals surface area (Å²) in [6, 6.07) is 1.42. The molecule has 0 amide bonds. The molecule has 17 heavy (non-hydrogen) atoms. The Kier molecular flexibility index (Phi) is 4.11. The highest BCUT2D eigenvalue weighted by Crippen LogP contribution is 2.29. The van der Waals surface area contributed by atoms with Crippen molar-refractivity contribution < 1.29 is 4.74 Å². The van der Waals surface area contributed by atoms with Crippen LogP contribution in [0.3, 0.4) is 0 Å². The van der Waals surface area contributed by atoms with Crippen LogP contribution in [0.2, 0.25) is 0 Å². The summed E-state index contributed by atoms with van der Waals surface area (Å²) in [6.07, 6.45) is 4.42. The SMILES string of the molecule is CCNC1CCCC1N1CC(C)OC(C)(C)C1. The molecule has 1 aliphatic carbocycles. The van der Waals surface area contributed by atoms with Gasteiger partial charge in [0, 0.05) is 25.2 Å². The fourth-order valence-electron chi connectivity index (χ4n) is 3.63. The van der Waals surface area contributed by atoms with Crippen molar-refractivity contribution in [3.05, 3.63) is 0 Å². The average Bonchev–Trinajstić information content (AvgIpc) is 2.63. The number of ether oxygens (including phenoxy) is 1. The zero-order valence-electron chi connectivity index (χ0n) is 11.8. The second-order valence-corrected chi connectivity index (χ2v) is 6.28. The Morgan fingerprint density at radius 1 is 1.35 bits per heavy atom. The van der Waals surface area contributed by atoms with Crippen LogP contribution in [0.5, 0.6) is 0 Å². The number of hydrogen-bond donors (Lipinski definition) is 1. The van der Waals surface area contributed by atoms with Crippen LogP contribution in [0.25, 0.3) is 0 Å². The molecule has 0 aromatic rings. The molecule has 100 valence electrons. The van der Waals surface area contributed by atoms with Gasteiger partial charge in [0.05, 0.1) is 11.7 Å². The minimum Gasteiger partial charge on any atom is -0.370 e. The molecule has 2 fully saturated rings. The highest BCUT2D eigenvalue weighted by molar-refractivity contribution is 4.94. The van der Waals surface area contributed by atoms with Gasteiger partial charge < -0.3 is 10.1 Å². The molecule has 3 heteroatoms. The van der Waals surface area contributed by atoms with Crippen molar-refractivity contribution in [2.75, 3.05) is 19.6 Å². The van der Waals surface area contributed by atoms with Crippen LogP contribution in [0, 0.1) is 0 Å². The maximum absolute atomic E-state index is 6.00. The molecule has 3 nitrogen and oxygen atoms in total. The second kappa shape index (κ2) is 5.25. The molecular formula is C14H28N2O. The normalized spacial score (nSPS) is 38.5. The van der Waals surface area contributed by atoms with Gasteiger partial charge in [-0.05, 0) is 40.2 Å². The van der Waals surface area contributed by atoms with E-state index in [1.807, 2.05) is 0 Å². The van der Waals surface area contributed by atoms with Gasteiger partial charge in [-0.3, -0.25) is 4.90 Å². The van der Waals surface area contributed by atoms with Crippen LogP contribution in [0.15, 0.2) is 0 Å². The summed E-state index contributed by atoms with van der Waals surface area (Å²) in [7, 11) is 0. The Labute approximate surface area is 106 Å². The van der Waals surface area contributed by atoms with Crippen molar-refractivity contribution in [3.63, 3.8) is 0 Å². The van der Waals surface area contributed by atoms with Gasteiger partial charge >= 0.3 is 0 Å². The quantitative estimate of drug-likeness (QED) is 0.817. The molecule has 0 aromatic heterocycles. The zero-order chi connectivity index (χ0) is 12.5. The van der Waals surface area contributed by atoms with Crippen LogP contribution in [0.4, 0.5) is 0 Å². The lowest BCUT2D eigenvalue weighted by Crippen LogP contribution is -2.58. The molecular weight excluding hydrogens is 212 g/mol. The third-order valence-electron chi connectivity index (χ3n) is 4.01. The first-order valence-corrected chi connectivity index (χ1v) is 7.17. The van der Waals surface area contributed by atoms with Gasteiger partial charge in [-0.15, -0.1) is 0 Å². The summed E-state index contributed by atoms with van der Waals surface area (Å²) in [6.45, 7) is 12.1. The van der Waals surface area contributed by atoms with Crippen LogP contribution in [-0.2, 0) is 4.74 Å². The molecule has 2 aliphatic rings. The lowest BCUT2D eigenvalue weighted by Gasteiger charge is -2.45. The first-order chi connectivity index (χ1) is 8.02. The molecule has 0 radical (unpaired) electrons. The maximum Gasteiger partial charge on any atom is 0.0757 e. The van der Waals surface area contributed by atoms with E-state index in [9.17, 15) is 0 Å². The number of hydrogen-bond acceptors (Lipinski definition) is 3. The van der Waals surface area contributed by atoms with Crippen LogP contribution in [-0.4, -0.2) is 48.3 Å². The van der Waals surface area contributed by atoms with E-state index in [1.165, 1.54) is 19.3 Å². The molecule has 3 atom stereocenters. The standard InChI is InChI=1S/C14H28N2O/c1-5-15-12-7-6-8-13(12)16-9-11(2)17-14(3,4)10-16/h11-13,15H,5-10H2,1-4H3. The largest absolute Gasteiger partial charge is 0.370 e. The number of likely N-dealkylation sites (N-methyl/N-ethyl adjacent to an activating group) is 1. The molecule has 1 aliphatic heterocycles. The van der Waals surface area contributed by atoms with Crippen LogP contribution in [0.1, 0.15) is 47.0 Å². The molecule has 1 saturated heterocycles. The van der Waals surface area contributed by atoms with E-state index in [0.29, 0.717) is 12.1 Å². The van der Waals surface area contributed by atoms with Gasteiger partial charge in [-0.2, -0.15) is 0 Å². The summed E-state index contributed by atoms with van der Waals surface area (Å²) in [5, 5.41) is 3.65. The number of morpholine rings is 1. The fourth-order valence-corrected chi connectivity index (χ4v) is 3.63. The van der Waals surface area contributed by atoms with Crippen molar-refractivity contribution in [2.24, 2.45) is 0 Å². The first kappa shape index (κ1) is 13.3. The van der Waals surface area contributed by atoms with Crippen LogP contribution < -0.4 is 5.32 Å². The lowest BCUT2D eigenvalue weighted by atomic mass is 10.0. The number of nitrogens with zero attached hydrogens (tertiary/aromatic N) is 1. The highest BCUT2D eigenvalue weighted by Gasteiger charge is 2.38. The van der Waals surface area contributed by atoms with Gasteiger partial charge in [0.15, 0.2) is 0 Å². The average molecular weight is 240 g/mol. The van der Waals surface area contributed by atoms with E-state index >= 15 is 0 Å². The topological polar surface area (TPSA) is 24.5 Å². The number of rotatable bonds is 3. The van der Waals surface area contributed by atoms with Gasteiger partial charge in [0.2, 0.25) is 0 Å². The summed E-state index contributed by atoms with van der Waals surface area (Å²) < 4.78 is 6.00. The predicted molar refractivity (Wildman–Crippen MR) is 71.3 cm³/mol. The molecule has 0 bridgehead atoms. The Balaban J connectivity index is 2.00. The predicted octanol–water partition coefficient (Wildman–Crippen LogP) is 2.02. The highest BCUT2D eigenvalue weighted by atomic mass is 16.5. The Morgan fingerprint density at radius 2 is 2.12 bits per heavy atom. The van der Waals surface area contributed by atoms with Gasteiger partial charge in [0.25, 0.3) is 0 Å². The summed E-state index contributed by atoms with van der Waals surface area (Å²) in [4.78, 5) is 2.66.